The van der Waals surface area contributed by atoms with Gasteiger partial charge in [-0.2, -0.15) is 0 Å². The Balaban J connectivity index is 2.84. The monoisotopic (exact) mass is 350 g/mol. The van der Waals surface area contributed by atoms with E-state index in [-0.39, 0.29) is 17.5 Å². The lowest BCUT2D eigenvalue weighted by molar-refractivity contribution is 0.549. The number of hydrogen-bond acceptors (Lipinski definition) is 2. The van der Waals surface area contributed by atoms with Crippen molar-refractivity contribution in [3.8, 4) is 0 Å². The van der Waals surface area contributed by atoms with Crippen LogP contribution in [0, 0.1) is 5.82 Å². The molecule has 0 spiro atoms. The van der Waals surface area contributed by atoms with Crippen molar-refractivity contribution < 1.29 is 12.8 Å². The van der Waals surface area contributed by atoms with Crippen LogP contribution in [0.3, 0.4) is 0 Å². The minimum absolute atomic E-state index is 0.0705. The summed E-state index contributed by atoms with van der Waals surface area (Å²) in [7, 11) is -3.17. The first-order valence-corrected chi connectivity index (χ1v) is 8.99. The summed E-state index contributed by atoms with van der Waals surface area (Å²) in [6.45, 7) is 5.07. The fraction of sp³-hybridized carbons (Fsp3) is 0.571. The van der Waals surface area contributed by atoms with Gasteiger partial charge in [-0.3, -0.25) is 0 Å². The Bertz CT molecular complexity index is 520. The molecule has 108 valence electrons. The van der Waals surface area contributed by atoms with Gasteiger partial charge < -0.3 is 0 Å². The van der Waals surface area contributed by atoms with Gasteiger partial charge in [0.2, 0.25) is 0 Å². The summed E-state index contributed by atoms with van der Waals surface area (Å²) in [5.41, 5.74) is 0.573. The van der Waals surface area contributed by atoms with E-state index in [9.17, 15) is 12.8 Å². The number of alkyl halides is 1. The third-order valence-electron chi connectivity index (χ3n) is 3.20. The van der Waals surface area contributed by atoms with E-state index in [4.69, 9.17) is 0 Å². The Morgan fingerprint density at radius 1 is 1.26 bits per heavy atom. The van der Waals surface area contributed by atoms with Crippen molar-refractivity contribution in [2.75, 3.05) is 11.1 Å². The van der Waals surface area contributed by atoms with Crippen molar-refractivity contribution in [1.29, 1.82) is 0 Å². The molecule has 0 fully saturated rings. The predicted molar refractivity (Wildman–Crippen MR) is 81.1 cm³/mol. The molecule has 1 aromatic carbocycles. The van der Waals surface area contributed by atoms with Gasteiger partial charge in [0.1, 0.15) is 5.82 Å². The molecule has 0 N–H and O–H groups in total. The lowest BCUT2D eigenvalue weighted by Gasteiger charge is -2.21. The van der Waals surface area contributed by atoms with E-state index in [0.29, 0.717) is 17.3 Å². The van der Waals surface area contributed by atoms with Crippen LogP contribution in [0.15, 0.2) is 24.3 Å². The molecule has 2 nitrogen and oxygen atoms in total. The van der Waals surface area contributed by atoms with Crippen LogP contribution < -0.4 is 0 Å². The summed E-state index contributed by atoms with van der Waals surface area (Å²) in [5.74, 6) is -0.334. The molecule has 0 bridgehead atoms. The number of sulfone groups is 1. The summed E-state index contributed by atoms with van der Waals surface area (Å²) < 4.78 is 37.1. The van der Waals surface area contributed by atoms with Gasteiger partial charge >= 0.3 is 0 Å². The van der Waals surface area contributed by atoms with Gasteiger partial charge in [-0.1, -0.05) is 34.1 Å². The molecular formula is C14H20BrFO2S. The van der Waals surface area contributed by atoms with E-state index in [0.717, 1.165) is 0 Å². The maximum Gasteiger partial charge on any atom is 0.155 e. The summed E-state index contributed by atoms with van der Waals surface area (Å²) in [5, 5.41) is 0.549. The van der Waals surface area contributed by atoms with Crippen molar-refractivity contribution in [2.24, 2.45) is 0 Å². The molecule has 0 radical (unpaired) electrons. The topological polar surface area (TPSA) is 34.1 Å². The lowest BCUT2D eigenvalue weighted by atomic mass is 9.98. The number of benzene rings is 1. The van der Waals surface area contributed by atoms with Gasteiger partial charge in [0.25, 0.3) is 0 Å². The van der Waals surface area contributed by atoms with E-state index in [1.54, 1.807) is 39.0 Å². The predicted octanol–water partition coefficient (Wildman–Crippen LogP) is 3.91. The van der Waals surface area contributed by atoms with Crippen LogP contribution >= 0.6 is 15.9 Å². The van der Waals surface area contributed by atoms with Crippen LogP contribution in [0.5, 0.6) is 0 Å². The van der Waals surface area contributed by atoms with Crippen LogP contribution in [0.2, 0.25) is 0 Å². The number of rotatable bonds is 5. The highest BCUT2D eigenvalue weighted by molar-refractivity contribution is 9.09. The van der Waals surface area contributed by atoms with Crippen LogP contribution in [-0.2, 0) is 9.84 Å². The highest BCUT2D eigenvalue weighted by Crippen LogP contribution is 2.27. The van der Waals surface area contributed by atoms with Crippen LogP contribution in [0.1, 0.15) is 38.7 Å². The SMILES string of the molecule is CC(C)(C)S(=O)(=O)CCC(CBr)c1ccccc1F. The summed E-state index contributed by atoms with van der Waals surface area (Å²) >= 11 is 3.34. The molecule has 0 saturated heterocycles. The van der Waals surface area contributed by atoms with Crippen LogP contribution in [0.25, 0.3) is 0 Å². The van der Waals surface area contributed by atoms with Gasteiger partial charge in [0, 0.05) is 5.33 Å². The second-order valence-corrected chi connectivity index (χ2v) is 9.10. The maximum atomic E-state index is 13.7. The molecule has 0 aliphatic rings. The first kappa shape index (κ1) is 16.6. The Kier molecular flexibility index (Phi) is 5.56. The Morgan fingerprint density at radius 3 is 2.32 bits per heavy atom. The quantitative estimate of drug-likeness (QED) is 0.754. The average Bonchev–Trinajstić information content (AvgIpc) is 2.30. The van der Waals surface area contributed by atoms with Crippen LogP contribution in [0.4, 0.5) is 4.39 Å². The van der Waals surface area contributed by atoms with Crippen LogP contribution in [-0.4, -0.2) is 24.2 Å². The third-order valence-corrected chi connectivity index (χ3v) is 6.62. The average molecular weight is 351 g/mol. The molecule has 0 amide bonds. The van der Waals surface area contributed by atoms with Crippen molar-refractivity contribution in [1.82, 2.24) is 0 Å². The fourth-order valence-corrected chi connectivity index (χ4v) is 3.61. The summed E-state index contributed by atoms with van der Waals surface area (Å²) in [6.07, 6.45) is 0.422. The lowest BCUT2D eigenvalue weighted by Crippen LogP contribution is -2.31. The number of hydrogen-bond donors (Lipinski definition) is 0. The normalized spacial score (nSPS) is 14.4. The third kappa shape index (κ3) is 4.28. The van der Waals surface area contributed by atoms with Gasteiger partial charge in [-0.15, -0.1) is 0 Å². The zero-order valence-corrected chi connectivity index (χ0v) is 13.9. The standard InChI is InChI=1S/C14H20BrFO2S/c1-14(2,3)19(17,18)9-8-11(10-15)12-6-4-5-7-13(12)16/h4-7,11H,8-10H2,1-3H3. The highest BCUT2D eigenvalue weighted by atomic mass is 79.9. The van der Waals surface area contributed by atoms with E-state index in [1.807, 2.05) is 0 Å². The minimum Gasteiger partial charge on any atom is -0.228 e. The largest absolute Gasteiger partial charge is 0.228 e. The highest BCUT2D eigenvalue weighted by Gasteiger charge is 2.29. The smallest absolute Gasteiger partial charge is 0.155 e. The zero-order chi connectivity index (χ0) is 14.7. The van der Waals surface area contributed by atoms with Gasteiger partial charge in [-0.25, -0.2) is 12.8 Å². The molecule has 0 saturated carbocycles. The van der Waals surface area contributed by atoms with Crippen molar-refractivity contribution in [3.05, 3.63) is 35.6 Å². The molecule has 19 heavy (non-hydrogen) atoms. The van der Waals surface area contributed by atoms with Gasteiger partial charge in [-0.05, 0) is 44.7 Å². The van der Waals surface area contributed by atoms with Crippen molar-refractivity contribution in [2.45, 2.75) is 37.9 Å². The van der Waals surface area contributed by atoms with Crippen molar-refractivity contribution in [3.63, 3.8) is 0 Å². The summed E-state index contributed by atoms with van der Waals surface area (Å²) in [6, 6.07) is 6.52. The maximum absolute atomic E-state index is 13.7. The Labute approximate surface area is 123 Å². The zero-order valence-electron chi connectivity index (χ0n) is 11.5. The Morgan fingerprint density at radius 2 is 1.84 bits per heavy atom. The van der Waals surface area contributed by atoms with E-state index < -0.39 is 14.6 Å². The van der Waals surface area contributed by atoms with E-state index in [1.165, 1.54) is 6.07 Å². The molecular weight excluding hydrogens is 331 g/mol. The first-order valence-electron chi connectivity index (χ1n) is 6.21. The van der Waals surface area contributed by atoms with Gasteiger partial charge in [0.05, 0.1) is 10.5 Å². The van der Waals surface area contributed by atoms with E-state index >= 15 is 0 Å². The van der Waals surface area contributed by atoms with E-state index in [2.05, 4.69) is 15.9 Å². The second kappa shape index (κ2) is 6.35. The van der Waals surface area contributed by atoms with Crippen molar-refractivity contribution >= 4 is 25.8 Å². The first-order chi connectivity index (χ1) is 8.69. The van der Waals surface area contributed by atoms with Gasteiger partial charge in [0.15, 0.2) is 9.84 Å². The molecule has 0 heterocycles. The molecule has 1 rings (SSSR count). The Hall–Kier alpha value is -0.420. The molecule has 0 aromatic heterocycles. The minimum atomic E-state index is -3.17. The number of halogens is 2. The molecule has 0 aliphatic carbocycles. The molecule has 1 aromatic rings. The molecule has 1 unspecified atom stereocenters. The molecule has 1 atom stereocenters. The molecule has 5 heteroatoms. The fourth-order valence-electron chi connectivity index (χ4n) is 1.73. The molecule has 0 aliphatic heterocycles. The second-order valence-electron chi connectivity index (χ2n) is 5.59. The summed E-state index contributed by atoms with van der Waals surface area (Å²) in [4.78, 5) is 0.